The zero-order valence-corrected chi connectivity index (χ0v) is 14.9. The predicted octanol–water partition coefficient (Wildman–Crippen LogP) is 5.99. The van der Waals surface area contributed by atoms with Gasteiger partial charge in [-0.05, 0) is 36.4 Å². The number of aromatic nitrogens is 3. The second-order valence-corrected chi connectivity index (χ2v) is 6.82. The summed E-state index contributed by atoms with van der Waals surface area (Å²) in [4.78, 5) is 0. The summed E-state index contributed by atoms with van der Waals surface area (Å²) in [7, 11) is 0. The zero-order valence-electron chi connectivity index (χ0n) is 14.9. The summed E-state index contributed by atoms with van der Waals surface area (Å²) in [6.45, 7) is 0. The lowest BCUT2D eigenvalue weighted by Gasteiger charge is -2.07. The molecule has 0 fully saturated rings. The summed E-state index contributed by atoms with van der Waals surface area (Å²) >= 11 is 0. The van der Waals surface area contributed by atoms with E-state index in [1.807, 2.05) is 54.6 Å². The smallest absolute Gasteiger partial charge is 0.160 e. The van der Waals surface area contributed by atoms with E-state index in [9.17, 15) is 0 Å². The van der Waals surface area contributed by atoms with Crippen LogP contribution in [-0.2, 0) is 0 Å². The van der Waals surface area contributed by atoms with Gasteiger partial charge in [0.15, 0.2) is 5.82 Å². The quantitative estimate of drug-likeness (QED) is 0.381. The summed E-state index contributed by atoms with van der Waals surface area (Å²) in [5, 5.41) is 12.4. The van der Waals surface area contributed by atoms with Crippen LogP contribution < -0.4 is 0 Å². The molecule has 6 rings (SSSR count). The molecule has 0 aliphatic rings. The second-order valence-electron chi connectivity index (χ2n) is 6.82. The van der Waals surface area contributed by atoms with Gasteiger partial charge in [0.05, 0.1) is 23.0 Å². The van der Waals surface area contributed by atoms with Crippen LogP contribution in [0, 0.1) is 0 Å². The molecule has 0 atom stereocenters. The molecule has 132 valence electrons. The van der Waals surface area contributed by atoms with Crippen LogP contribution in [0.5, 0.6) is 0 Å². The van der Waals surface area contributed by atoms with Crippen molar-refractivity contribution in [2.24, 2.45) is 0 Å². The average Bonchev–Trinajstić information content (AvgIpc) is 3.35. The van der Waals surface area contributed by atoms with E-state index in [2.05, 4.69) is 45.1 Å². The number of nitrogens with zero attached hydrogens (tertiary/aromatic N) is 3. The fourth-order valence-corrected chi connectivity index (χ4v) is 3.88. The van der Waals surface area contributed by atoms with Gasteiger partial charge in [0, 0.05) is 21.7 Å². The summed E-state index contributed by atoms with van der Waals surface area (Å²) in [6.07, 6.45) is 1.73. The van der Waals surface area contributed by atoms with Crippen LogP contribution in [0.2, 0.25) is 0 Å². The van der Waals surface area contributed by atoms with Crippen LogP contribution >= 0.6 is 0 Å². The van der Waals surface area contributed by atoms with E-state index in [4.69, 9.17) is 4.42 Å². The Kier molecular flexibility index (Phi) is 3.14. The van der Waals surface area contributed by atoms with Crippen molar-refractivity contribution in [3.05, 3.63) is 91.2 Å². The Balaban J connectivity index is 1.62. The maximum Gasteiger partial charge on any atom is 0.160 e. The zero-order chi connectivity index (χ0) is 18.5. The second kappa shape index (κ2) is 5.79. The molecule has 0 N–H and O–H groups in total. The van der Waals surface area contributed by atoms with Crippen molar-refractivity contribution in [2.45, 2.75) is 0 Å². The lowest BCUT2D eigenvalue weighted by atomic mass is 10.1. The highest BCUT2D eigenvalue weighted by atomic mass is 16.3. The standard InChI is InChI=1S/C24H15N3O/c1-2-6-16(7-3-1)20-10-11-24(26-25-20)27-21-9-5-4-8-18(21)19-15-23-17(12-13-28-23)14-22(19)27/h1-15H. The molecule has 28 heavy (non-hydrogen) atoms. The highest BCUT2D eigenvalue weighted by molar-refractivity contribution is 6.12. The summed E-state index contributed by atoms with van der Waals surface area (Å²) < 4.78 is 7.78. The van der Waals surface area contributed by atoms with Crippen LogP contribution in [0.15, 0.2) is 95.6 Å². The lowest BCUT2D eigenvalue weighted by Crippen LogP contribution is -1.99. The topological polar surface area (TPSA) is 43.9 Å². The Morgan fingerprint density at radius 3 is 2.39 bits per heavy atom. The van der Waals surface area contributed by atoms with E-state index < -0.39 is 0 Å². The van der Waals surface area contributed by atoms with Gasteiger partial charge >= 0.3 is 0 Å². The van der Waals surface area contributed by atoms with Crippen LogP contribution in [-0.4, -0.2) is 14.8 Å². The fraction of sp³-hybridized carbons (Fsp3) is 0. The first-order chi connectivity index (χ1) is 13.9. The van der Waals surface area contributed by atoms with Crippen molar-refractivity contribution in [2.75, 3.05) is 0 Å². The molecule has 0 amide bonds. The molecule has 0 spiro atoms. The molecule has 0 unspecified atom stereocenters. The number of fused-ring (bicyclic) bond motifs is 4. The highest BCUT2D eigenvalue weighted by Gasteiger charge is 2.15. The molecule has 3 aromatic carbocycles. The van der Waals surface area contributed by atoms with E-state index in [1.165, 1.54) is 5.39 Å². The van der Waals surface area contributed by atoms with Crippen molar-refractivity contribution in [3.63, 3.8) is 0 Å². The molecule has 3 heterocycles. The molecule has 0 bridgehead atoms. The monoisotopic (exact) mass is 361 g/mol. The molecule has 6 aromatic rings. The largest absolute Gasteiger partial charge is 0.464 e. The maximum atomic E-state index is 5.62. The first-order valence-electron chi connectivity index (χ1n) is 9.18. The molecule has 0 radical (unpaired) electrons. The van der Waals surface area contributed by atoms with Crippen LogP contribution in [0.4, 0.5) is 0 Å². The molecule has 4 nitrogen and oxygen atoms in total. The minimum Gasteiger partial charge on any atom is -0.464 e. The first kappa shape index (κ1) is 15.2. The van der Waals surface area contributed by atoms with Crippen molar-refractivity contribution in [1.29, 1.82) is 0 Å². The third-order valence-electron chi connectivity index (χ3n) is 5.20. The molecule has 0 saturated heterocycles. The van der Waals surface area contributed by atoms with Gasteiger partial charge in [-0.25, -0.2) is 0 Å². The number of para-hydroxylation sites is 1. The number of furan rings is 1. The van der Waals surface area contributed by atoms with Gasteiger partial charge in [-0.15, -0.1) is 10.2 Å². The molecule has 0 aliphatic heterocycles. The van der Waals surface area contributed by atoms with Gasteiger partial charge < -0.3 is 4.42 Å². The van der Waals surface area contributed by atoms with Gasteiger partial charge in [-0.1, -0.05) is 48.5 Å². The van der Waals surface area contributed by atoms with Gasteiger partial charge in [-0.3, -0.25) is 4.57 Å². The molecule has 3 aromatic heterocycles. The molecular formula is C24H15N3O. The van der Waals surface area contributed by atoms with Crippen molar-refractivity contribution in [1.82, 2.24) is 14.8 Å². The molecule has 0 aliphatic carbocycles. The van der Waals surface area contributed by atoms with E-state index in [0.717, 1.165) is 44.5 Å². The Morgan fingerprint density at radius 2 is 1.54 bits per heavy atom. The van der Waals surface area contributed by atoms with Crippen molar-refractivity contribution in [3.8, 4) is 17.1 Å². The van der Waals surface area contributed by atoms with Crippen LogP contribution in [0.1, 0.15) is 0 Å². The van der Waals surface area contributed by atoms with E-state index >= 15 is 0 Å². The summed E-state index contributed by atoms with van der Waals surface area (Å²) in [5.41, 5.74) is 5.01. The number of benzene rings is 3. The normalized spacial score (nSPS) is 11.6. The summed E-state index contributed by atoms with van der Waals surface area (Å²) in [6, 6.07) is 28.8. The summed E-state index contributed by atoms with van der Waals surface area (Å²) in [5.74, 6) is 0.800. The predicted molar refractivity (Wildman–Crippen MR) is 112 cm³/mol. The van der Waals surface area contributed by atoms with E-state index in [1.54, 1.807) is 6.26 Å². The number of rotatable bonds is 2. The van der Waals surface area contributed by atoms with Gasteiger partial charge in [0.2, 0.25) is 0 Å². The Hall–Kier alpha value is -3.92. The van der Waals surface area contributed by atoms with Gasteiger partial charge in [0.1, 0.15) is 5.58 Å². The lowest BCUT2D eigenvalue weighted by molar-refractivity contribution is 0.616. The van der Waals surface area contributed by atoms with Crippen molar-refractivity contribution < 1.29 is 4.42 Å². The van der Waals surface area contributed by atoms with Crippen molar-refractivity contribution >= 4 is 32.8 Å². The molecule has 0 saturated carbocycles. The van der Waals surface area contributed by atoms with Crippen LogP contribution in [0.25, 0.3) is 49.9 Å². The highest BCUT2D eigenvalue weighted by Crippen LogP contribution is 2.34. The maximum absolute atomic E-state index is 5.62. The number of hydrogen-bond donors (Lipinski definition) is 0. The number of hydrogen-bond acceptors (Lipinski definition) is 3. The van der Waals surface area contributed by atoms with E-state index in [-0.39, 0.29) is 0 Å². The van der Waals surface area contributed by atoms with Gasteiger partial charge in [-0.2, -0.15) is 0 Å². The third kappa shape index (κ3) is 2.18. The fourth-order valence-electron chi connectivity index (χ4n) is 3.88. The Morgan fingerprint density at radius 1 is 0.679 bits per heavy atom. The average molecular weight is 361 g/mol. The van der Waals surface area contributed by atoms with Gasteiger partial charge in [0.25, 0.3) is 0 Å². The Bertz CT molecular complexity index is 1440. The minimum absolute atomic E-state index is 0.800. The minimum atomic E-state index is 0.800. The molecule has 4 heteroatoms. The SMILES string of the molecule is c1ccc(-c2ccc(-n3c4ccccc4c4cc5occc5cc43)nn2)cc1. The first-order valence-corrected chi connectivity index (χ1v) is 9.18. The Labute approximate surface area is 160 Å². The molecular weight excluding hydrogens is 346 g/mol. The third-order valence-corrected chi connectivity index (χ3v) is 5.20. The van der Waals surface area contributed by atoms with E-state index in [0.29, 0.717) is 0 Å². The van der Waals surface area contributed by atoms with Crippen LogP contribution in [0.3, 0.4) is 0 Å².